The number of amides is 1. The molecule has 1 unspecified atom stereocenters. The predicted octanol–water partition coefficient (Wildman–Crippen LogP) is 1.93. The fraction of sp³-hybridized carbons (Fsp3) is 0.588. The van der Waals surface area contributed by atoms with Crippen molar-refractivity contribution in [2.45, 2.75) is 45.1 Å². The lowest BCUT2D eigenvalue weighted by Gasteiger charge is -2.34. The topological polar surface area (TPSA) is 32.3 Å². The summed E-state index contributed by atoms with van der Waals surface area (Å²) >= 11 is 0. The average Bonchev–Trinajstić information content (AvgIpc) is 2.47. The van der Waals surface area contributed by atoms with Crippen LogP contribution in [0.2, 0.25) is 0 Å². The van der Waals surface area contributed by atoms with E-state index in [-0.39, 0.29) is 5.91 Å². The molecule has 3 nitrogen and oxygen atoms in total. The molecule has 0 spiro atoms. The molecule has 3 rings (SSSR count). The summed E-state index contributed by atoms with van der Waals surface area (Å²) in [5, 5.41) is 3.33. The second-order valence-electron chi connectivity index (χ2n) is 6.13. The number of fused-ring (bicyclic) bond motifs is 1. The molecule has 0 radical (unpaired) electrons. The van der Waals surface area contributed by atoms with Crippen molar-refractivity contribution in [1.29, 1.82) is 0 Å². The van der Waals surface area contributed by atoms with E-state index in [0.29, 0.717) is 12.5 Å². The molecule has 1 aromatic rings. The molecule has 1 aliphatic carbocycles. The Kier molecular flexibility index (Phi) is 4.06. The molecular weight excluding hydrogens is 248 g/mol. The van der Waals surface area contributed by atoms with E-state index in [1.165, 1.54) is 42.4 Å². The van der Waals surface area contributed by atoms with Crippen LogP contribution in [-0.4, -0.2) is 36.5 Å². The summed E-state index contributed by atoms with van der Waals surface area (Å²) in [6.45, 7) is 4.79. The SMILES string of the molecule is CC1CNCCN1C(=O)Cc1ccc2c(c1)CCCC2. The van der Waals surface area contributed by atoms with Crippen LogP contribution in [0.15, 0.2) is 18.2 Å². The van der Waals surface area contributed by atoms with E-state index in [2.05, 4.69) is 30.4 Å². The molecule has 20 heavy (non-hydrogen) atoms. The maximum Gasteiger partial charge on any atom is 0.227 e. The van der Waals surface area contributed by atoms with Crippen molar-refractivity contribution in [1.82, 2.24) is 10.2 Å². The number of piperazine rings is 1. The molecule has 0 saturated carbocycles. The number of nitrogens with zero attached hydrogens (tertiary/aromatic N) is 1. The Balaban J connectivity index is 1.69. The molecule has 0 bridgehead atoms. The minimum atomic E-state index is 0.273. The summed E-state index contributed by atoms with van der Waals surface area (Å²) in [5.74, 6) is 0.273. The summed E-state index contributed by atoms with van der Waals surface area (Å²) < 4.78 is 0. The Morgan fingerprint density at radius 2 is 2.10 bits per heavy atom. The van der Waals surface area contributed by atoms with Crippen molar-refractivity contribution in [3.05, 3.63) is 34.9 Å². The minimum absolute atomic E-state index is 0.273. The van der Waals surface area contributed by atoms with Gasteiger partial charge in [-0.3, -0.25) is 4.79 Å². The van der Waals surface area contributed by atoms with Gasteiger partial charge in [0.1, 0.15) is 0 Å². The third-order valence-electron chi connectivity index (χ3n) is 4.59. The Morgan fingerprint density at radius 1 is 1.30 bits per heavy atom. The zero-order valence-corrected chi connectivity index (χ0v) is 12.3. The molecule has 1 fully saturated rings. The van der Waals surface area contributed by atoms with Gasteiger partial charge in [0.25, 0.3) is 0 Å². The number of benzene rings is 1. The van der Waals surface area contributed by atoms with Crippen molar-refractivity contribution >= 4 is 5.91 Å². The van der Waals surface area contributed by atoms with Crippen molar-refractivity contribution in [3.8, 4) is 0 Å². The van der Waals surface area contributed by atoms with Crippen LogP contribution in [0.5, 0.6) is 0 Å². The smallest absolute Gasteiger partial charge is 0.227 e. The maximum absolute atomic E-state index is 12.4. The molecule has 0 aromatic heterocycles. The Morgan fingerprint density at radius 3 is 2.90 bits per heavy atom. The molecule has 1 amide bonds. The van der Waals surface area contributed by atoms with Gasteiger partial charge in [-0.2, -0.15) is 0 Å². The van der Waals surface area contributed by atoms with Gasteiger partial charge in [0.2, 0.25) is 5.91 Å². The minimum Gasteiger partial charge on any atom is -0.337 e. The molecule has 1 saturated heterocycles. The fourth-order valence-corrected chi connectivity index (χ4v) is 3.38. The fourth-order valence-electron chi connectivity index (χ4n) is 3.38. The van der Waals surface area contributed by atoms with Crippen LogP contribution in [0.3, 0.4) is 0 Å². The highest BCUT2D eigenvalue weighted by molar-refractivity contribution is 5.79. The highest BCUT2D eigenvalue weighted by atomic mass is 16.2. The number of carbonyl (C=O) groups is 1. The van der Waals surface area contributed by atoms with Crippen LogP contribution in [-0.2, 0) is 24.1 Å². The van der Waals surface area contributed by atoms with Gasteiger partial charge < -0.3 is 10.2 Å². The average molecular weight is 272 g/mol. The highest BCUT2D eigenvalue weighted by Gasteiger charge is 2.23. The summed E-state index contributed by atoms with van der Waals surface area (Å²) in [6, 6.07) is 6.96. The maximum atomic E-state index is 12.4. The van der Waals surface area contributed by atoms with E-state index < -0.39 is 0 Å². The molecule has 1 atom stereocenters. The largest absolute Gasteiger partial charge is 0.337 e. The summed E-state index contributed by atoms with van der Waals surface area (Å²) in [7, 11) is 0. The number of rotatable bonds is 2. The van der Waals surface area contributed by atoms with E-state index in [0.717, 1.165) is 19.6 Å². The number of hydrogen-bond acceptors (Lipinski definition) is 2. The first-order valence-corrected chi connectivity index (χ1v) is 7.85. The van der Waals surface area contributed by atoms with Crippen LogP contribution in [0.4, 0.5) is 0 Å². The predicted molar refractivity (Wildman–Crippen MR) is 80.8 cm³/mol. The molecule has 1 aliphatic heterocycles. The van der Waals surface area contributed by atoms with Gasteiger partial charge in [-0.25, -0.2) is 0 Å². The van der Waals surface area contributed by atoms with Crippen molar-refractivity contribution in [2.75, 3.05) is 19.6 Å². The molecular formula is C17H24N2O. The van der Waals surface area contributed by atoms with Crippen molar-refractivity contribution < 1.29 is 4.79 Å². The molecule has 1 N–H and O–H groups in total. The van der Waals surface area contributed by atoms with E-state index in [1.54, 1.807) is 0 Å². The molecule has 3 heteroatoms. The molecule has 1 aromatic carbocycles. The first-order chi connectivity index (χ1) is 9.74. The number of hydrogen-bond donors (Lipinski definition) is 1. The second-order valence-corrected chi connectivity index (χ2v) is 6.13. The van der Waals surface area contributed by atoms with Crippen LogP contribution in [0.1, 0.15) is 36.5 Å². The number of aryl methyl sites for hydroxylation is 2. The summed E-state index contributed by atoms with van der Waals surface area (Å²) in [5.41, 5.74) is 4.14. The normalized spacial score (nSPS) is 22.4. The lowest BCUT2D eigenvalue weighted by atomic mass is 9.90. The lowest BCUT2D eigenvalue weighted by molar-refractivity contribution is -0.133. The summed E-state index contributed by atoms with van der Waals surface area (Å²) in [6.07, 6.45) is 5.54. The zero-order chi connectivity index (χ0) is 13.9. The standard InChI is InChI=1S/C17H24N2O/c1-13-12-18-8-9-19(13)17(20)11-14-6-7-15-4-2-3-5-16(15)10-14/h6-7,10,13,18H,2-5,8-9,11-12H2,1H3. The Hall–Kier alpha value is -1.35. The molecule has 108 valence electrons. The Bertz CT molecular complexity index is 498. The first kappa shape index (κ1) is 13.6. The zero-order valence-electron chi connectivity index (χ0n) is 12.3. The first-order valence-electron chi connectivity index (χ1n) is 7.85. The second kappa shape index (κ2) is 5.96. The van der Waals surface area contributed by atoms with E-state index >= 15 is 0 Å². The van der Waals surface area contributed by atoms with E-state index in [1.807, 2.05) is 4.90 Å². The highest BCUT2D eigenvalue weighted by Crippen LogP contribution is 2.22. The van der Waals surface area contributed by atoms with Gasteiger partial charge in [-0.15, -0.1) is 0 Å². The van der Waals surface area contributed by atoms with Crippen LogP contribution < -0.4 is 5.32 Å². The van der Waals surface area contributed by atoms with Gasteiger partial charge in [-0.05, 0) is 49.3 Å². The quantitative estimate of drug-likeness (QED) is 0.892. The van der Waals surface area contributed by atoms with E-state index in [9.17, 15) is 4.79 Å². The third-order valence-corrected chi connectivity index (χ3v) is 4.59. The molecule has 2 aliphatic rings. The van der Waals surface area contributed by atoms with Crippen LogP contribution >= 0.6 is 0 Å². The van der Waals surface area contributed by atoms with Gasteiger partial charge in [0.05, 0.1) is 6.42 Å². The van der Waals surface area contributed by atoms with Gasteiger partial charge in [0, 0.05) is 25.7 Å². The number of nitrogens with one attached hydrogen (secondary N) is 1. The van der Waals surface area contributed by atoms with E-state index in [4.69, 9.17) is 0 Å². The third kappa shape index (κ3) is 2.88. The molecule has 1 heterocycles. The number of carbonyl (C=O) groups excluding carboxylic acids is 1. The van der Waals surface area contributed by atoms with Gasteiger partial charge in [-0.1, -0.05) is 18.2 Å². The van der Waals surface area contributed by atoms with Gasteiger partial charge >= 0.3 is 0 Å². The van der Waals surface area contributed by atoms with Crippen molar-refractivity contribution in [2.24, 2.45) is 0 Å². The Labute approximate surface area is 121 Å². The monoisotopic (exact) mass is 272 g/mol. The van der Waals surface area contributed by atoms with Gasteiger partial charge in [0.15, 0.2) is 0 Å². The van der Waals surface area contributed by atoms with Crippen molar-refractivity contribution in [3.63, 3.8) is 0 Å². The van der Waals surface area contributed by atoms with Crippen LogP contribution in [0, 0.1) is 0 Å². The summed E-state index contributed by atoms with van der Waals surface area (Å²) in [4.78, 5) is 14.5. The lowest BCUT2D eigenvalue weighted by Crippen LogP contribution is -2.52. The van der Waals surface area contributed by atoms with Crippen LogP contribution in [0.25, 0.3) is 0 Å².